The van der Waals surface area contributed by atoms with Crippen molar-refractivity contribution in [1.29, 1.82) is 0 Å². The van der Waals surface area contributed by atoms with Gasteiger partial charge in [0.15, 0.2) is 5.03 Å². The standard InChI is InChI=1S/C17H25N7O3/c1-19-15(7-4-9-21-17(18)23-24(26)27)16(25)20-10-8-12-11-22-14-6-3-2-5-13(12)14/h2-3,5-6,11,15,19,22H,4,7-10H2,1H3,(H,20,25)(H3,18,21,23)/t15-/m0/s1. The van der Waals surface area contributed by atoms with Crippen LogP contribution in [-0.2, 0) is 11.2 Å². The molecule has 0 radical (unpaired) electrons. The normalized spacial score (nSPS) is 12.7. The molecule has 0 saturated heterocycles. The molecule has 10 nitrogen and oxygen atoms in total. The molecule has 0 saturated carbocycles. The number of carbonyl (C=O) groups is 1. The largest absolute Gasteiger partial charge is 0.365 e. The smallest absolute Gasteiger partial charge is 0.266 e. The number of nitro groups is 1. The monoisotopic (exact) mass is 375 g/mol. The number of hydrogen-bond donors (Lipinski definition) is 5. The number of carbonyl (C=O) groups excluding carboxylic acids is 1. The number of amides is 1. The predicted molar refractivity (Wildman–Crippen MR) is 104 cm³/mol. The molecular weight excluding hydrogens is 350 g/mol. The number of nitrogens with one attached hydrogen (secondary N) is 4. The number of rotatable bonds is 10. The molecule has 27 heavy (non-hydrogen) atoms. The molecule has 146 valence electrons. The van der Waals surface area contributed by atoms with Crippen LogP contribution in [0.15, 0.2) is 35.6 Å². The van der Waals surface area contributed by atoms with Gasteiger partial charge in [0.1, 0.15) is 5.10 Å². The van der Waals surface area contributed by atoms with Gasteiger partial charge in [0.2, 0.25) is 5.91 Å². The minimum atomic E-state index is -0.861. The van der Waals surface area contributed by atoms with Gasteiger partial charge >= 0.3 is 0 Å². The van der Waals surface area contributed by atoms with E-state index in [0.717, 1.165) is 22.9 Å². The number of aromatic nitrogens is 1. The molecule has 1 amide bonds. The Kier molecular flexibility index (Phi) is 7.56. The summed E-state index contributed by atoms with van der Waals surface area (Å²) in [5.74, 6) is -0.325. The first-order chi connectivity index (χ1) is 13.0. The fourth-order valence-electron chi connectivity index (χ4n) is 2.83. The van der Waals surface area contributed by atoms with Crippen LogP contribution < -0.4 is 21.7 Å². The van der Waals surface area contributed by atoms with Gasteiger partial charge in [-0.2, -0.15) is 0 Å². The van der Waals surface area contributed by atoms with Crippen molar-refractivity contribution >= 4 is 22.8 Å². The Hall–Kier alpha value is -3.14. The van der Waals surface area contributed by atoms with Crippen LogP contribution in [0.3, 0.4) is 0 Å². The number of aromatic amines is 1. The molecule has 1 heterocycles. The molecule has 0 bridgehead atoms. The third-order valence-corrected chi connectivity index (χ3v) is 4.20. The molecule has 1 atom stereocenters. The maximum absolute atomic E-state index is 12.3. The van der Waals surface area contributed by atoms with Crippen LogP contribution in [-0.4, -0.2) is 48.1 Å². The summed E-state index contributed by atoms with van der Waals surface area (Å²) >= 11 is 0. The van der Waals surface area contributed by atoms with E-state index < -0.39 is 5.03 Å². The first-order valence-electron chi connectivity index (χ1n) is 8.73. The highest BCUT2D eigenvalue weighted by Crippen LogP contribution is 2.17. The molecule has 2 aromatic rings. The van der Waals surface area contributed by atoms with Gasteiger partial charge in [0.05, 0.1) is 6.04 Å². The lowest BCUT2D eigenvalue weighted by atomic mass is 10.1. The van der Waals surface area contributed by atoms with Gasteiger partial charge in [-0.3, -0.25) is 4.79 Å². The molecule has 6 N–H and O–H groups in total. The van der Waals surface area contributed by atoms with Crippen molar-refractivity contribution in [3.63, 3.8) is 0 Å². The number of benzene rings is 1. The average Bonchev–Trinajstić information content (AvgIpc) is 3.04. The van der Waals surface area contributed by atoms with E-state index in [9.17, 15) is 14.9 Å². The number of hydrazone groups is 1. The van der Waals surface area contributed by atoms with Gasteiger partial charge in [0.25, 0.3) is 5.96 Å². The van der Waals surface area contributed by atoms with Crippen molar-refractivity contribution in [1.82, 2.24) is 20.9 Å². The molecule has 0 spiro atoms. The summed E-state index contributed by atoms with van der Waals surface area (Å²) in [6, 6.07) is 7.70. The highest BCUT2D eigenvalue weighted by Gasteiger charge is 2.15. The zero-order valence-corrected chi connectivity index (χ0v) is 15.2. The van der Waals surface area contributed by atoms with E-state index >= 15 is 0 Å². The van der Waals surface area contributed by atoms with E-state index in [2.05, 4.69) is 32.1 Å². The molecule has 0 fully saturated rings. The lowest BCUT2D eigenvalue weighted by molar-refractivity contribution is -0.485. The molecule has 2 rings (SSSR count). The zero-order valence-electron chi connectivity index (χ0n) is 15.2. The molecule has 0 aliphatic rings. The van der Waals surface area contributed by atoms with E-state index in [-0.39, 0.29) is 17.9 Å². The number of fused-ring (bicyclic) bond motifs is 1. The van der Waals surface area contributed by atoms with Crippen molar-refractivity contribution in [2.45, 2.75) is 25.3 Å². The van der Waals surface area contributed by atoms with Crippen molar-refractivity contribution < 1.29 is 9.83 Å². The van der Waals surface area contributed by atoms with Gasteiger partial charge in [-0.25, -0.2) is 10.1 Å². The van der Waals surface area contributed by atoms with Crippen LogP contribution in [0.4, 0.5) is 0 Å². The summed E-state index contributed by atoms with van der Waals surface area (Å²) in [5, 5.41) is 22.0. The van der Waals surface area contributed by atoms with E-state index in [1.165, 1.54) is 0 Å². The summed E-state index contributed by atoms with van der Waals surface area (Å²) in [6.07, 6.45) is 3.88. The maximum Gasteiger partial charge on any atom is 0.266 e. The number of para-hydroxylation sites is 1. The Morgan fingerprint density at radius 3 is 2.85 bits per heavy atom. The number of guanidine groups is 1. The van der Waals surface area contributed by atoms with E-state index in [1.54, 1.807) is 7.05 Å². The Bertz CT molecular complexity index is 803. The van der Waals surface area contributed by atoms with E-state index in [0.29, 0.717) is 25.9 Å². The fourth-order valence-corrected chi connectivity index (χ4v) is 2.83. The first-order valence-corrected chi connectivity index (χ1v) is 8.73. The Balaban J connectivity index is 1.72. The molecular formula is C17H25N7O3. The number of nitrogens with zero attached hydrogens (tertiary/aromatic N) is 2. The number of hydrogen-bond acceptors (Lipinski definition) is 4. The summed E-state index contributed by atoms with van der Waals surface area (Å²) in [5.41, 5.74) is 7.58. The van der Waals surface area contributed by atoms with Crippen molar-refractivity contribution in [2.75, 3.05) is 20.1 Å². The first kappa shape index (κ1) is 20.2. The SMILES string of the molecule is CN[C@@H](CCCN/C(N)=N/[N+](=O)[O-])C(=O)NCCc1c[nH]c2ccccc12. The van der Waals surface area contributed by atoms with Crippen LogP contribution in [0, 0.1) is 10.1 Å². The van der Waals surface area contributed by atoms with Gasteiger partial charge < -0.3 is 26.7 Å². The summed E-state index contributed by atoms with van der Waals surface area (Å²) in [7, 11) is 1.72. The van der Waals surface area contributed by atoms with Crippen LogP contribution in [0.5, 0.6) is 0 Å². The second-order valence-corrected chi connectivity index (χ2v) is 6.03. The van der Waals surface area contributed by atoms with Gasteiger partial charge in [0, 0.05) is 30.2 Å². The summed E-state index contributed by atoms with van der Waals surface area (Å²) < 4.78 is 0. The zero-order chi connectivity index (χ0) is 19.6. The summed E-state index contributed by atoms with van der Waals surface area (Å²) in [6.45, 7) is 0.934. The van der Waals surface area contributed by atoms with Crippen LogP contribution in [0.1, 0.15) is 18.4 Å². The number of likely N-dealkylation sites (N-methyl/N-ethyl adjacent to an activating group) is 1. The van der Waals surface area contributed by atoms with E-state index in [1.807, 2.05) is 24.4 Å². The third-order valence-electron chi connectivity index (χ3n) is 4.20. The Morgan fingerprint density at radius 1 is 1.33 bits per heavy atom. The Morgan fingerprint density at radius 2 is 2.11 bits per heavy atom. The van der Waals surface area contributed by atoms with Gasteiger partial charge in [-0.05, 0) is 37.9 Å². The topological polar surface area (TPSA) is 150 Å². The number of H-pyrrole nitrogens is 1. The third kappa shape index (κ3) is 6.26. The molecule has 1 aromatic heterocycles. The molecule has 1 aromatic carbocycles. The number of nitrogens with two attached hydrogens (primary N) is 1. The highest BCUT2D eigenvalue weighted by atomic mass is 16.7. The highest BCUT2D eigenvalue weighted by molar-refractivity contribution is 5.83. The minimum Gasteiger partial charge on any atom is -0.365 e. The fraction of sp³-hybridized carbons (Fsp3) is 0.412. The van der Waals surface area contributed by atoms with Gasteiger partial charge in [-0.15, -0.1) is 0 Å². The second-order valence-electron chi connectivity index (χ2n) is 6.03. The quantitative estimate of drug-likeness (QED) is 0.132. The van der Waals surface area contributed by atoms with Crippen molar-refractivity contribution in [3.05, 3.63) is 46.1 Å². The van der Waals surface area contributed by atoms with Crippen LogP contribution in [0.25, 0.3) is 10.9 Å². The predicted octanol–water partition coefficient (Wildman–Crippen LogP) is 0.291. The van der Waals surface area contributed by atoms with Crippen LogP contribution >= 0.6 is 0 Å². The van der Waals surface area contributed by atoms with Gasteiger partial charge in [-0.1, -0.05) is 18.2 Å². The lowest BCUT2D eigenvalue weighted by Crippen LogP contribution is -2.43. The summed E-state index contributed by atoms with van der Waals surface area (Å²) in [4.78, 5) is 25.7. The maximum atomic E-state index is 12.3. The van der Waals surface area contributed by atoms with E-state index in [4.69, 9.17) is 5.73 Å². The van der Waals surface area contributed by atoms with Crippen molar-refractivity contribution in [2.24, 2.45) is 10.8 Å². The second kappa shape index (κ2) is 10.1. The molecule has 0 aliphatic heterocycles. The van der Waals surface area contributed by atoms with Crippen LogP contribution in [0.2, 0.25) is 0 Å². The average molecular weight is 375 g/mol. The molecule has 10 heteroatoms. The molecule has 0 unspecified atom stereocenters. The minimum absolute atomic E-state index is 0.0794. The van der Waals surface area contributed by atoms with Crippen molar-refractivity contribution in [3.8, 4) is 0 Å². The molecule has 0 aliphatic carbocycles. The Labute approximate surface area is 156 Å². The lowest BCUT2D eigenvalue weighted by Gasteiger charge is -2.16.